The van der Waals surface area contributed by atoms with Crippen LogP contribution in [-0.2, 0) is 4.65 Å². The van der Waals surface area contributed by atoms with Gasteiger partial charge in [0.15, 0.2) is 0 Å². The number of hydrogen-bond acceptors (Lipinski definition) is 3. The fourth-order valence-electron chi connectivity index (χ4n) is 3.78. The lowest BCUT2D eigenvalue weighted by molar-refractivity contribution is 0.00651. The van der Waals surface area contributed by atoms with Gasteiger partial charge in [0, 0.05) is 4.75 Å². The third-order valence-corrected chi connectivity index (χ3v) is 7.61. The van der Waals surface area contributed by atoms with E-state index in [1.165, 1.54) is 45.2 Å². The maximum absolute atomic E-state index is 6.00. The molecule has 0 aliphatic carbocycles. The zero-order valence-electron chi connectivity index (χ0n) is 18.2. The van der Waals surface area contributed by atoms with Crippen molar-refractivity contribution in [2.45, 2.75) is 104 Å². The molecule has 147 valence electrons. The second kappa shape index (κ2) is 9.02. The molecule has 25 heavy (non-hydrogen) atoms. The first-order chi connectivity index (χ1) is 11.3. The van der Waals surface area contributed by atoms with Crippen molar-refractivity contribution in [3.05, 3.63) is 0 Å². The first-order valence-corrected chi connectivity index (χ1v) is 10.7. The van der Waals surface area contributed by atoms with Gasteiger partial charge in [-0.1, -0.05) is 46.9 Å². The largest absolute Gasteiger partial charge is 0.434 e. The van der Waals surface area contributed by atoms with Gasteiger partial charge >= 0.3 is 0 Å². The standard InChI is InChI=1S/C21H43BNOS/c1-18(2,3)21(8,17-11-15-23-16-12-17)13-9-10-14-22-24-19(4,5)20(6,7)25/h17,23,25H,9-16H2,1-8H3. The molecule has 0 spiro atoms. The lowest BCUT2D eigenvalue weighted by Gasteiger charge is -2.49. The highest BCUT2D eigenvalue weighted by Gasteiger charge is 2.43. The van der Waals surface area contributed by atoms with E-state index in [1.54, 1.807) is 0 Å². The van der Waals surface area contributed by atoms with Crippen LogP contribution in [0.1, 0.15) is 87.5 Å². The zero-order chi connectivity index (χ0) is 19.4. The van der Waals surface area contributed by atoms with Crippen LogP contribution >= 0.6 is 12.6 Å². The number of hydrogen-bond donors (Lipinski definition) is 2. The van der Waals surface area contributed by atoms with Gasteiger partial charge < -0.3 is 9.97 Å². The van der Waals surface area contributed by atoms with Crippen molar-refractivity contribution < 1.29 is 4.65 Å². The van der Waals surface area contributed by atoms with Crippen LogP contribution < -0.4 is 5.32 Å². The highest BCUT2D eigenvalue weighted by Crippen LogP contribution is 2.51. The Morgan fingerprint density at radius 2 is 1.52 bits per heavy atom. The lowest BCUT2D eigenvalue weighted by Crippen LogP contribution is -2.44. The Bertz CT molecular complexity index is 394. The maximum Gasteiger partial charge on any atom is 0.293 e. The minimum atomic E-state index is -0.245. The summed E-state index contributed by atoms with van der Waals surface area (Å²) in [6, 6.07) is 0. The van der Waals surface area contributed by atoms with Crippen LogP contribution in [0.3, 0.4) is 0 Å². The molecule has 1 rings (SSSR count). The van der Waals surface area contributed by atoms with Crippen LogP contribution in [0.4, 0.5) is 0 Å². The maximum atomic E-state index is 6.00. The van der Waals surface area contributed by atoms with Crippen molar-refractivity contribution >= 4 is 20.1 Å². The molecule has 0 bridgehead atoms. The molecule has 1 unspecified atom stereocenters. The van der Waals surface area contributed by atoms with E-state index >= 15 is 0 Å². The molecule has 1 atom stereocenters. The summed E-state index contributed by atoms with van der Waals surface area (Å²) in [5, 5.41) is 3.52. The topological polar surface area (TPSA) is 21.3 Å². The number of nitrogens with one attached hydrogen (secondary N) is 1. The summed E-state index contributed by atoms with van der Waals surface area (Å²) in [5.74, 6) is 0.845. The van der Waals surface area contributed by atoms with Gasteiger partial charge in [0.2, 0.25) is 0 Å². The minimum Gasteiger partial charge on any atom is -0.434 e. The highest BCUT2D eigenvalue weighted by atomic mass is 32.1. The van der Waals surface area contributed by atoms with Crippen LogP contribution in [0.15, 0.2) is 0 Å². The van der Waals surface area contributed by atoms with Gasteiger partial charge in [-0.2, -0.15) is 12.6 Å². The Balaban J connectivity index is 2.43. The minimum absolute atomic E-state index is 0.149. The molecular formula is C21H43BNOS. The van der Waals surface area contributed by atoms with Gasteiger partial charge in [-0.3, -0.25) is 0 Å². The Hall–Kier alpha value is 0.335. The van der Waals surface area contributed by atoms with E-state index < -0.39 is 0 Å². The van der Waals surface area contributed by atoms with Crippen LogP contribution in [0.25, 0.3) is 0 Å². The molecule has 0 aromatic heterocycles. The first-order valence-electron chi connectivity index (χ1n) is 10.2. The molecule has 0 amide bonds. The summed E-state index contributed by atoms with van der Waals surface area (Å²) in [6.07, 6.45) is 7.49. The molecule has 0 aromatic carbocycles. The number of thiol groups is 1. The van der Waals surface area contributed by atoms with Crippen molar-refractivity contribution in [3.63, 3.8) is 0 Å². The number of unbranched alkanes of at least 4 members (excludes halogenated alkanes) is 1. The molecule has 1 fully saturated rings. The summed E-state index contributed by atoms with van der Waals surface area (Å²) in [5.41, 5.74) is 0.528. The van der Waals surface area contributed by atoms with Crippen molar-refractivity contribution in [1.82, 2.24) is 5.32 Å². The van der Waals surface area contributed by atoms with Crippen molar-refractivity contribution in [3.8, 4) is 0 Å². The SMILES string of the molecule is CC(C)(C)C(C)(CCCC[B]OC(C)(C)C(C)(C)S)C1CCNCC1. The molecule has 1 radical (unpaired) electrons. The monoisotopic (exact) mass is 368 g/mol. The van der Waals surface area contributed by atoms with Crippen LogP contribution in [0.2, 0.25) is 6.32 Å². The molecule has 1 aliphatic heterocycles. The summed E-state index contributed by atoms with van der Waals surface area (Å²) in [6.45, 7) is 20.7. The summed E-state index contributed by atoms with van der Waals surface area (Å²) >= 11 is 4.66. The molecule has 1 saturated heterocycles. The average Bonchev–Trinajstić information content (AvgIpc) is 2.49. The highest BCUT2D eigenvalue weighted by molar-refractivity contribution is 7.81. The van der Waals surface area contributed by atoms with E-state index in [1.807, 2.05) is 7.48 Å². The smallest absolute Gasteiger partial charge is 0.293 e. The number of rotatable bonds is 9. The van der Waals surface area contributed by atoms with Gasteiger partial charge in [0.25, 0.3) is 7.48 Å². The summed E-state index contributed by atoms with van der Waals surface area (Å²) in [4.78, 5) is 0. The van der Waals surface area contributed by atoms with Gasteiger partial charge in [-0.05, 0) is 76.8 Å². The van der Waals surface area contributed by atoms with Crippen molar-refractivity contribution in [2.75, 3.05) is 13.1 Å². The normalized spacial score (nSPS) is 20.4. The van der Waals surface area contributed by atoms with E-state index in [4.69, 9.17) is 4.65 Å². The van der Waals surface area contributed by atoms with Gasteiger partial charge in [0.05, 0.1) is 5.60 Å². The molecular weight excluding hydrogens is 325 g/mol. The molecule has 0 aromatic rings. The van der Waals surface area contributed by atoms with Crippen molar-refractivity contribution in [2.24, 2.45) is 16.7 Å². The molecule has 1 N–H and O–H groups in total. The summed E-state index contributed by atoms with van der Waals surface area (Å²) < 4.78 is 5.85. The van der Waals surface area contributed by atoms with Crippen LogP contribution in [0, 0.1) is 16.7 Å². The third-order valence-electron chi connectivity index (χ3n) is 7.07. The van der Waals surface area contributed by atoms with Gasteiger partial charge in [-0.25, -0.2) is 0 Å². The van der Waals surface area contributed by atoms with E-state index in [0.29, 0.717) is 10.8 Å². The van der Waals surface area contributed by atoms with E-state index in [-0.39, 0.29) is 10.3 Å². The molecule has 1 heterocycles. The third kappa shape index (κ3) is 6.46. The van der Waals surface area contributed by atoms with E-state index in [9.17, 15) is 0 Å². The lowest BCUT2D eigenvalue weighted by atomic mass is 9.56. The fraction of sp³-hybridized carbons (Fsp3) is 1.00. The van der Waals surface area contributed by atoms with Crippen LogP contribution in [-0.4, -0.2) is 30.9 Å². The molecule has 1 aliphatic rings. The van der Waals surface area contributed by atoms with Gasteiger partial charge in [-0.15, -0.1) is 0 Å². The average molecular weight is 368 g/mol. The van der Waals surface area contributed by atoms with E-state index in [0.717, 1.165) is 12.2 Å². The second-order valence-corrected chi connectivity index (χ2v) is 11.4. The van der Waals surface area contributed by atoms with Gasteiger partial charge in [0.1, 0.15) is 0 Å². The Morgan fingerprint density at radius 3 is 2.00 bits per heavy atom. The molecule has 4 heteroatoms. The first kappa shape index (κ1) is 23.4. The Kier molecular flexibility index (Phi) is 8.43. The van der Waals surface area contributed by atoms with E-state index in [2.05, 4.69) is 73.3 Å². The summed E-state index contributed by atoms with van der Waals surface area (Å²) in [7, 11) is 2.01. The molecule has 2 nitrogen and oxygen atoms in total. The second-order valence-electron chi connectivity index (χ2n) is 10.3. The Morgan fingerprint density at radius 1 is 0.960 bits per heavy atom. The van der Waals surface area contributed by atoms with Crippen LogP contribution in [0.5, 0.6) is 0 Å². The predicted octanol–water partition coefficient (Wildman–Crippen LogP) is 5.75. The fourth-order valence-corrected chi connectivity index (χ4v) is 3.83. The molecule has 0 saturated carbocycles. The zero-order valence-corrected chi connectivity index (χ0v) is 19.1. The number of piperidine rings is 1. The Labute approximate surface area is 164 Å². The predicted molar refractivity (Wildman–Crippen MR) is 116 cm³/mol. The quantitative estimate of drug-likeness (QED) is 0.307. The van der Waals surface area contributed by atoms with Crippen molar-refractivity contribution in [1.29, 1.82) is 0 Å².